The quantitative estimate of drug-likeness (QED) is 0.688. The van der Waals surface area contributed by atoms with E-state index in [2.05, 4.69) is 5.32 Å². The summed E-state index contributed by atoms with van der Waals surface area (Å²) in [5.74, 6) is -1.13. The molecule has 0 spiro atoms. The third-order valence-electron chi connectivity index (χ3n) is 3.86. The van der Waals surface area contributed by atoms with Crippen molar-refractivity contribution in [2.75, 3.05) is 6.26 Å². The van der Waals surface area contributed by atoms with Gasteiger partial charge in [0.25, 0.3) is 5.91 Å². The molecule has 1 amide bonds. The predicted molar refractivity (Wildman–Crippen MR) is 107 cm³/mol. The molecule has 0 aliphatic heterocycles. The van der Waals surface area contributed by atoms with E-state index in [1.807, 2.05) is 0 Å². The van der Waals surface area contributed by atoms with E-state index in [9.17, 15) is 18.0 Å². The molecule has 6 nitrogen and oxygen atoms in total. The smallest absolute Gasteiger partial charge is 0.308 e. The topological polar surface area (TPSA) is 89.5 Å². The molecule has 150 valence electrons. The summed E-state index contributed by atoms with van der Waals surface area (Å²) in [6, 6.07) is 11.9. The van der Waals surface area contributed by atoms with Crippen LogP contribution in [-0.2, 0) is 19.4 Å². The van der Waals surface area contributed by atoms with Crippen LogP contribution in [0, 0.1) is 0 Å². The Labute approximate surface area is 169 Å². The first-order valence-corrected chi connectivity index (χ1v) is 10.9. The van der Waals surface area contributed by atoms with Gasteiger partial charge in [-0.1, -0.05) is 41.9 Å². The molecule has 1 atom stereocenters. The molecular formula is C20H22ClNO5S. The highest BCUT2D eigenvalue weighted by Gasteiger charge is 2.25. The van der Waals surface area contributed by atoms with E-state index in [0.29, 0.717) is 10.6 Å². The van der Waals surface area contributed by atoms with E-state index < -0.39 is 27.8 Å². The highest BCUT2D eigenvalue weighted by Crippen LogP contribution is 2.26. The van der Waals surface area contributed by atoms with E-state index in [1.54, 1.807) is 50.2 Å². The first-order chi connectivity index (χ1) is 13.1. The van der Waals surface area contributed by atoms with Crippen LogP contribution < -0.4 is 5.32 Å². The highest BCUT2D eigenvalue weighted by atomic mass is 35.5. The molecule has 2 aromatic carbocycles. The number of hydrogen-bond donors (Lipinski definition) is 1. The highest BCUT2D eigenvalue weighted by molar-refractivity contribution is 7.90. The van der Waals surface area contributed by atoms with Crippen molar-refractivity contribution in [1.82, 2.24) is 5.32 Å². The minimum atomic E-state index is -3.60. The van der Waals surface area contributed by atoms with E-state index >= 15 is 0 Å². The van der Waals surface area contributed by atoms with Crippen LogP contribution in [0.15, 0.2) is 53.4 Å². The fourth-order valence-electron chi connectivity index (χ4n) is 2.69. The van der Waals surface area contributed by atoms with Crippen LogP contribution >= 0.6 is 11.6 Å². The van der Waals surface area contributed by atoms with Gasteiger partial charge in [-0.3, -0.25) is 9.59 Å². The number of sulfone groups is 1. The number of nitrogens with one attached hydrogen (secondary N) is 1. The maximum Gasteiger partial charge on any atom is 0.308 e. The molecule has 0 saturated carbocycles. The second-order valence-corrected chi connectivity index (χ2v) is 8.95. The fraction of sp³-hybridized carbons (Fsp3) is 0.300. The lowest BCUT2D eigenvalue weighted by Crippen LogP contribution is -2.32. The molecule has 0 heterocycles. The second kappa shape index (κ2) is 9.21. The minimum absolute atomic E-state index is 0.000666. The first-order valence-electron chi connectivity index (χ1n) is 8.63. The van der Waals surface area contributed by atoms with Gasteiger partial charge in [0.05, 0.1) is 29.0 Å². The first kappa shape index (κ1) is 21.9. The molecule has 2 aromatic rings. The van der Waals surface area contributed by atoms with Gasteiger partial charge in [-0.2, -0.15) is 0 Å². The van der Waals surface area contributed by atoms with Crippen LogP contribution in [0.5, 0.6) is 0 Å². The molecule has 0 radical (unpaired) electrons. The molecule has 0 aliphatic carbocycles. The van der Waals surface area contributed by atoms with Crippen LogP contribution in [0.3, 0.4) is 0 Å². The zero-order chi connectivity index (χ0) is 20.9. The van der Waals surface area contributed by atoms with Crippen molar-refractivity contribution in [1.29, 1.82) is 0 Å². The van der Waals surface area contributed by atoms with E-state index in [0.717, 1.165) is 6.26 Å². The van der Waals surface area contributed by atoms with Gasteiger partial charge in [-0.25, -0.2) is 8.42 Å². The molecule has 0 fully saturated rings. The summed E-state index contributed by atoms with van der Waals surface area (Å²) < 4.78 is 29.2. The summed E-state index contributed by atoms with van der Waals surface area (Å²) in [7, 11) is -3.60. The summed E-state index contributed by atoms with van der Waals surface area (Å²) >= 11 is 6.24. The standard InChI is InChI=1S/C20H22ClNO5S/c1-13(2)27-19(23)12-17(14-8-4-6-10-16(14)21)22-20(24)15-9-5-7-11-18(15)28(3,25)26/h4-11,13,17H,12H2,1-3H3,(H,22,24)/t17-/m1/s1. The number of hydrogen-bond acceptors (Lipinski definition) is 5. The van der Waals surface area contributed by atoms with E-state index in [4.69, 9.17) is 16.3 Å². The van der Waals surface area contributed by atoms with Crippen LogP contribution in [0.4, 0.5) is 0 Å². The Kier molecular flexibility index (Phi) is 7.21. The van der Waals surface area contributed by atoms with Gasteiger partial charge < -0.3 is 10.1 Å². The van der Waals surface area contributed by atoms with Crippen molar-refractivity contribution >= 4 is 33.3 Å². The fourth-order valence-corrected chi connectivity index (χ4v) is 3.84. The van der Waals surface area contributed by atoms with Crippen molar-refractivity contribution in [3.8, 4) is 0 Å². The zero-order valence-electron chi connectivity index (χ0n) is 15.8. The average Bonchev–Trinajstić information content (AvgIpc) is 2.60. The number of carbonyl (C=O) groups excluding carboxylic acids is 2. The monoisotopic (exact) mass is 423 g/mol. The van der Waals surface area contributed by atoms with Crippen molar-refractivity contribution in [3.63, 3.8) is 0 Å². The number of ether oxygens (including phenoxy) is 1. The van der Waals surface area contributed by atoms with Gasteiger partial charge in [0.15, 0.2) is 9.84 Å². The Bertz CT molecular complexity index is 972. The maximum absolute atomic E-state index is 12.8. The summed E-state index contributed by atoms with van der Waals surface area (Å²) in [5, 5.41) is 3.09. The van der Waals surface area contributed by atoms with Gasteiger partial charge >= 0.3 is 5.97 Å². The van der Waals surface area contributed by atoms with E-state index in [-0.39, 0.29) is 23.0 Å². The third kappa shape index (κ3) is 5.81. The lowest BCUT2D eigenvalue weighted by Gasteiger charge is -2.21. The van der Waals surface area contributed by atoms with Gasteiger partial charge in [0, 0.05) is 11.3 Å². The molecule has 0 bridgehead atoms. The predicted octanol–water partition coefficient (Wildman–Crippen LogP) is 3.56. The molecule has 28 heavy (non-hydrogen) atoms. The van der Waals surface area contributed by atoms with Crippen molar-refractivity contribution in [2.45, 2.75) is 37.3 Å². The van der Waals surface area contributed by atoms with Gasteiger partial charge in [-0.05, 0) is 37.6 Å². The average molecular weight is 424 g/mol. The summed E-state index contributed by atoms with van der Waals surface area (Å²) in [5.41, 5.74) is 0.536. The maximum atomic E-state index is 12.8. The minimum Gasteiger partial charge on any atom is -0.463 e. The molecule has 0 aromatic heterocycles. The van der Waals surface area contributed by atoms with Crippen LogP contribution in [0.1, 0.15) is 42.2 Å². The van der Waals surface area contributed by atoms with Gasteiger partial charge in [0.1, 0.15) is 0 Å². The number of amides is 1. The molecule has 8 heteroatoms. The third-order valence-corrected chi connectivity index (χ3v) is 5.35. The second-order valence-electron chi connectivity index (χ2n) is 6.56. The molecular weight excluding hydrogens is 402 g/mol. The van der Waals surface area contributed by atoms with Crippen molar-refractivity contribution in [2.24, 2.45) is 0 Å². The number of esters is 1. The molecule has 0 aliphatic rings. The lowest BCUT2D eigenvalue weighted by molar-refractivity contribution is -0.147. The number of rotatable bonds is 7. The number of benzene rings is 2. The normalized spacial score (nSPS) is 12.5. The van der Waals surface area contributed by atoms with Crippen molar-refractivity contribution < 1.29 is 22.7 Å². The Morgan fingerprint density at radius 1 is 1.07 bits per heavy atom. The van der Waals surface area contributed by atoms with E-state index in [1.165, 1.54) is 12.1 Å². The SMILES string of the molecule is CC(C)OC(=O)C[C@@H](NC(=O)c1ccccc1S(C)(=O)=O)c1ccccc1Cl. The van der Waals surface area contributed by atoms with Crippen LogP contribution in [0.25, 0.3) is 0 Å². The summed E-state index contributed by atoms with van der Waals surface area (Å²) in [6.07, 6.45) is 0.584. The zero-order valence-corrected chi connectivity index (χ0v) is 17.4. The lowest BCUT2D eigenvalue weighted by atomic mass is 10.0. The van der Waals surface area contributed by atoms with Gasteiger partial charge in [-0.15, -0.1) is 0 Å². The number of carbonyl (C=O) groups is 2. The summed E-state index contributed by atoms with van der Waals surface area (Å²) in [6.45, 7) is 3.45. The molecule has 0 saturated heterocycles. The van der Waals surface area contributed by atoms with Crippen LogP contribution in [-0.4, -0.2) is 32.7 Å². The van der Waals surface area contributed by atoms with Crippen LogP contribution in [0.2, 0.25) is 5.02 Å². The Morgan fingerprint density at radius 3 is 2.29 bits per heavy atom. The Morgan fingerprint density at radius 2 is 1.68 bits per heavy atom. The molecule has 0 unspecified atom stereocenters. The van der Waals surface area contributed by atoms with Gasteiger partial charge in [0.2, 0.25) is 0 Å². The largest absolute Gasteiger partial charge is 0.463 e. The molecule has 1 N–H and O–H groups in total. The summed E-state index contributed by atoms with van der Waals surface area (Å²) in [4.78, 5) is 24.9. The molecule has 2 rings (SSSR count). The Balaban J connectivity index is 2.37. The Hall–Kier alpha value is -2.38. The number of halogens is 1. The van der Waals surface area contributed by atoms with Crippen molar-refractivity contribution in [3.05, 3.63) is 64.7 Å².